The van der Waals surface area contributed by atoms with Gasteiger partial charge in [0.2, 0.25) is 5.56 Å². The Bertz CT molecular complexity index is 1400. The Kier molecular flexibility index (Phi) is 8.64. The maximum Gasteiger partial charge on any atom is 0.256 e. The molecule has 38 heavy (non-hydrogen) atoms. The molecule has 200 valence electrons. The van der Waals surface area contributed by atoms with Gasteiger partial charge in [-0.2, -0.15) is 0 Å². The SMILES string of the molecule is CN1CCC(N(C)C(=O)c2ccc(C(CC(=NO)c3ccc(=O)n(C)c3)c3ccccc3Cl)cc2F)CC1. The van der Waals surface area contributed by atoms with Crippen molar-refractivity contribution in [2.24, 2.45) is 12.2 Å². The highest BCUT2D eigenvalue weighted by Crippen LogP contribution is 2.35. The zero-order chi connectivity index (χ0) is 27.4. The van der Waals surface area contributed by atoms with Gasteiger partial charge in [-0.25, -0.2) is 4.39 Å². The van der Waals surface area contributed by atoms with Gasteiger partial charge in [0, 0.05) is 55.3 Å². The number of piperidine rings is 1. The lowest BCUT2D eigenvalue weighted by molar-refractivity contribution is 0.0655. The molecular weight excluding hydrogens is 507 g/mol. The first kappa shape index (κ1) is 27.5. The number of pyridine rings is 1. The highest BCUT2D eigenvalue weighted by atomic mass is 35.5. The largest absolute Gasteiger partial charge is 0.411 e. The molecule has 2 heterocycles. The lowest BCUT2D eigenvalue weighted by Crippen LogP contribution is -2.44. The lowest BCUT2D eigenvalue weighted by Gasteiger charge is -2.35. The summed E-state index contributed by atoms with van der Waals surface area (Å²) in [6.45, 7) is 1.79. The summed E-state index contributed by atoms with van der Waals surface area (Å²) in [7, 11) is 5.40. The number of amides is 1. The fraction of sp³-hybridized carbons (Fsp3) is 0.345. The number of oxime groups is 1. The van der Waals surface area contributed by atoms with E-state index in [1.807, 2.05) is 12.1 Å². The first-order valence-corrected chi connectivity index (χ1v) is 12.9. The Labute approximate surface area is 226 Å². The van der Waals surface area contributed by atoms with Crippen molar-refractivity contribution in [1.29, 1.82) is 0 Å². The van der Waals surface area contributed by atoms with Crippen LogP contribution in [0.2, 0.25) is 5.02 Å². The van der Waals surface area contributed by atoms with Gasteiger partial charge in [-0.3, -0.25) is 9.59 Å². The standard InChI is InChI=1S/C29H32ClFN4O3/c1-33-14-12-21(13-15-33)35(3)29(37)23-10-8-19(16-26(23)31)24(22-6-4-5-7-25(22)30)17-27(32-38)20-9-11-28(36)34(2)18-20/h4-11,16,18,21,24,38H,12-15,17H2,1-3H3. The second-order valence-corrected chi connectivity index (χ2v) is 10.3. The molecule has 1 atom stereocenters. The normalized spacial score (nSPS) is 15.9. The monoisotopic (exact) mass is 538 g/mol. The highest BCUT2D eigenvalue weighted by molar-refractivity contribution is 6.31. The third-order valence-electron chi connectivity index (χ3n) is 7.40. The molecule has 0 saturated carbocycles. The minimum absolute atomic E-state index is 0.0159. The number of benzene rings is 2. The minimum atomic E-state index is -0.617. The first-order chi connectivity index (χ1) is 18.2. The molecule has 1 N–H and O–H groups in total. The summed E-state index contributed by atoms with van der Waals surface area (Å²) in [5.74, 6) is -1.44. The highest BCUT2D eigenvalue weighted by Gasteiger charge is 2.28. The number of nitrogens with zero attached hydrogens (tertiary/aromatic N) is 4. The Morgan fingerprint density at radius 2 is 1.87 bits per heavy atom. The van der Waals surface area contributed by atoms with Crippen molar-refractivity contribution < 1.29 is 14.4 Å². The summed E-state index contributed by atoms with van der Waals surface area (Å²) < 4.78 is 16.9. The molecule has 1 saturated heterocycles. The van der Waals surface area contributed by atoms with Crippen LogP contribution in [0.5, 0.6) is 0 Å². The van der Waals surface area contributed by atoms with Crippen LogP contribution < -0.4 is 5.56 Å². The van der Waals surface area contributed by atoms with Crippen molar-refractivity contribution in [2.75, 3.05) is 27.2 Å². The predicted molar refractivity (Wildman–Crippen MR) is 147 cm³/mol. The summed E-state index contributed by atoms with van der Waals surface area (Å²) in [5, 5.41) is 13.8. The number of rotatable bonds is 7. The van der Waals surface area contributed by atoms with Gasteiger partial charge in [0.25, 0.3) is 5.91 Å². The van der Waals surface area contributed by atoms with Crippen LogP contribution in [0, 0.1) is 5.82 Å². The minimum Gasteiger partial charge on any atom is -0.411 e. The summed E-state index contributed by atoms with van der Waals surface area (Å²) in [6.07, 6.45) is 3.46. The number of carbonyl (C=O) groups excluding carboxylic acids is 1. The van der Waals surface area contributed by atoms with E-state index in [1.54, 1.807) is 49.5 Å². The van der Waals surface area contributed by atoms with Crippen LogP contribution in [0.4, 0.5) is 4.39 Å². The molecule has 1 aromatic heterocycles. The molecule has 0 aliphatic carbocycles. The van der Waals surface area contributed by atoms with Crippen LogP contribution in [-0.4, -0.2) is 64.4 Å². The zero-order valence-corrected chi connectivity index (χ0v) is 22.5. The third kappa shape index (κ3) is 5.97. The van der Waals surface area contributed by atoms with Crippen molar-refractivity contribution in [3.63, 3.8) is 0 Å². The topological polar surface area (TPSA) is 78.1 Å². The van der Waals surface area contributed by atoms with E-state index < -0.39 is 11.7 Å². The lowest BCUT2D eigenvalue weighted by atomic mass is 9.85. The molecule has 1 aliphatic rings. The van der Waals surface area contributed by atoms with E-state index in [9.17, 15) is 14.8 Å². The Morgan fingerprint density at radius 1 is 1.16 bits per heavy atom. The smallest absolute Gasteiger partial charge is 0.256 e. The summed E-state index contributed by atoms with van der Waals surface area (Å²) >= 11 is 6.54. The third-order valence-corrected chi connectivity index (χ3v) is 7.74. The van der Waals surface area contributed by atoms with Crippen molar-refractivity contribution in [1.82, 2.24) is 14.4 Å². The molecule has 3 aromatic rings. The van der Waals surface area contributed by atoms with Gasteiger partial charge in [-0.1, -0.05) is 41.0 Å². The van der Waals surface area contributed by atoms with Crippen molar-refractivity contribution in [3.05, 3.63) is 104 Å². The van der Waals surface area contributed by atoms with E-state index >= 15 is 4.39 Å². The molecule has 1 amide bonds. The fourth-order valence-corrected chi connectivity index (χ4v) is 5.27. The molecule has 2 aromatic carbocycles. The van der Waals surface area contributed by atoms with Crippen LogP contribution in [-0.2, 0) is 7.05 Å². The number of hydrogen-bond acceptors (Lipinski definition) is 5. The molecule has 1 aliphatic heterocycles. The number of carbonyl (C=O) groups is 1. The van der Waals surface area contributed by atoms with E-state index in [0.29, 0.717) is 21.9 Å². The molecule has 4 rings (SSSR count). The van der Waals surface area contributed by atoms with Crippen LogP contribution >= 0.6 is 11.6 Å². The van der Waals surface area contributed by atoms with E-state index in [2.05, 4.69) is 17.1 Å². The summed E-state index contributed by atoms with van der Waals surface area (Å²) in [6, 6.07) is 14.9. The van der Waals surface area contributed by atoms with Crippen LogP contribution in [0.3, 0.4) is 0 Å². The maximum atomic E-state index is 15.5. The van der Waals surface area contributed by atoms with Gasteiger partial charge in [0.15, 0.2) is 0 Å². The van der Waals surface area contributed by atoms with Gasteiger partial charge in [0.1, 0.15) is 5.82 Å². The Balaban J connectivity index is 1.66. The quantitative estimate of drug-likeness (QED) is 0.268. The van der Waals surface area contributed by atoms with Gasteiger partial charge >= 0.3 is 0 Å². The van der Waals surface area contributed by atoms with Crippen LogP contribution in [0.1, 0.15) is 52.2 Å². The number of likely N-dealkylation sites (tertiary alicyclic amines) is 1. The van der Waals surface area contributed by atoms with Crippen LogP contribution in [0.25, 0.3) is 0 Å². The van der Waals surface area contributed by atoms with Gasteiger partial charge in [0.05, 0.1) is 11.3 Å². The number of halogens is 2. The number of aryl methyl sites for hydroxylation is 1. The van der Waals surface area contributed by atoms with E-state index in [4.69, 9.17) is 11.6 Å². The first-order valence-electron chi connectivity index (χ1n) is 12.6. The second-order valence-electron chi connectivity index (χ2n) is 9.88. The number of hydrogen-bond donors (Lipinski definition) is 1. The number of aromatic nitrogens is 1. The second kappa shape index (κ2) is 11.9. The molecule has 9 heteroatoms. The van der Waals surface area contributed by atoms with Gasteiger partial charge in [-0.05, 0) is 68.4 Å². The molecule has 1 fully saturated rings. The molecular formula is C29H32ClFN4O3. The Hall–Kier alpha value is -3.49. The summed E-state index contributed by atoms with van der Waals surface area (Å²) in [5.41, 5.74) is 2.00. The average Bonchev–Trinajstić information content (AvgIpc) is 2.91. The van der Waals surface area contributed by atoms with E-state index in [1.165, 1.54) is 22.8 Å². The van der Waals surface area contributed by atoms with Crippen molar-refractivity contribution in [3.8, 4) is 0 Å². The molecule has 7 nitrogen and oxygen atoms in total. The van der Waals surface area contributed by atoms with Crippen molar-refractivity contribution >= 4 is 23.2 Å². The fourth-order valence-electron chi connectivity index (χ4n) is 5.00. The van der Waals surface area contributed by atoms with Gasteiger partial charge in [-0.15, -0.1) is 0 Å². The summed E-state index contributed by atoms with van der Waals surface area (Å²) in [4.78, 5) is 28.9. The van der Waals surface area contributed by atoms with E-state index in [-0.39, 0.29) is 29.5 Å². The Morgan fingerprint density at radius 3 is 2.50 bits per heavy atom. The maximum absolute atomic E-state index is 15.5. The van der Waals surface area contributed by atoms with E-state index in [0.717, 1.165) is 31.5 Å². The zero-order valence-electron chi connectivity index (χ0n) is 21.8. The molecule has 0 bridgehead atoms. The van der Waals surface area contributed by atoms with Gasteiger partial charge < -0.3 is 19.6 Å². The van der Waals surface area contributed by atoms with Crippen molar-refractivity contribution in [2.45, 2.75) is 31.2 Å². The molecule has 0 spiro atoms. The predicted octanol–water partition coefficient (Wildman–Crippen LogP) is 4.74. The average molecular weight is 539 g/mol. The molecule has 0 radical (unpaired) electrons. The molecule has 1 unspecified atom stereocenters. The van der Waals surface area contributed by atoms with Crippen LogP contribution in [0.15, 0.2) is 70.7 Å².